The predicted molar refractivity (Wildman–Crippen MR) is 102 cm³/mol. The molecule has 3 heterocycles. The first-order valence-corrected chi connectivity index (χ1v) is 9.34. The zero-order valence-electron chi connectivity index (χ0n) is 14.6. The van der Waals surface area contributed by atoms with E-state index >= 15 is 0 Å². The second-order valence-electron chi connectivity index (χ2n) is 6.04. The van der Waals surface area contributed by atoms with Crippen LogP contribution in [0.15, 0.2) is 69.7 Å². The lowest BCUT2D eigenvalue weighted by atomic mass is 10.1. The number of benzene rings is 1. The quantitative estimate of drug-likeness (QED) is 0.462. The van der Waals surface area contributed by atoms with Crippen molar-refractivity contribution in [2.75, 3.05) is 6.61 Å². The second-order valence-corrected chi connectivity index (χ2v) is 7.02. The summed E-state index contributed by atoms with van der Waals surface area (Å²) in [5, 5.41) is 18.7. The minimum Gasteiger partial charge on any atom is -0.483 e. The molecule has 2 aromatic heterocycles. The molecule has 8 nitrogen and oxygen atoms in total. The van der Waals surface area contributed by atoms with E-state index in [4.69, 9.17) is 9.15 Å². The normalized spacial score (nSPS) is 16.1. The van der Waals surface area contributed by atoms with Crippen molar-refractivity contribution in [1.82, 2.24) is 5.01 Å². The maximum Gasteiger partial charge on any atom is 0.281 e. The number of hydrogen-bond acceptors (Lipinski definition) is 7. The van der Waals surface area contributed by atoms with Gasteiger partial charge in [0.2, 0.25) is 0 Å². The molecule has 1 amide bonds. The van der Waals surface area contributed by atoms with Gasteiger partial charge in [0.15, 0.2) is 6.61 Å². The van der Waals surface area contributed by atoms with Crippen LogP contribution in [0.5, 0.6) is 5.75 Å². The van der Waals surface area contributed by atoms with E-state index in [1.807, 2.05) is 17.5 Å². The summed E-state index contributed by atoms with van der Waals surface area (Å²) in [6.45, 7) is -0.280. The van der Waals surface area contributed by atoms with Crippen molar-refractivity contribution in [2.24, 2.45) is 5.10 Å². The largest absolute Gasteiger partial charge is 0.483 e. The van der Waals surface area contributed by atoms with E-state index in [1.165, 1.54) is 23.2 Å². The molecular weight excluding hydrogens is 382 g/mol. The zero-order valence-corrected chi connectivity index (χ0v) is 15.4. The number of ether oxygens (including phenoxy) is 1. The van der Waals surface area contributed by atoms with E-state index in [2.05, 4.69) is 5.10 Å². The first-order valence-electron chi connectivity index (χ1n) is 8.46. The molecule has 0 saturated carbocycles. The fourth-order valence-corrected chi connectivity index (χ4v) is 3.74. The number of non-ortho nitro benzene ring substituents is 1. The number of carbonyl (C=O) groups excluding carboxylic acids is 1. The van der Waals surface area contributed by atoms with Gasteiger partial charge in [-0.3, -0.25) is 14.9 Å². The standard InChI is InChI=1S/C19H15N3O5S/c23-19(12-27-14-5-1-4-13(10-14)22(24)25)21-16(18-7-3-9-28-18)11-15(20-21)17-6-2-8-26-17/h1-10,16H,11-12H2. The molecule has 3 aromatic rings. The molecule has 0 bridgehead atoms. The fourth-order valence-electron chi connectivity index (χ4n) is 2.93. The summed E-state index contributed by atoms with van der Waals surface area (Å²) in [6.07, 6.45) is 2.10. The van der Waals surface area contributed by atoms with Crippen molar-refractivity contribution in [2.45, 2.75) is 12.5 Å². The highest BCUT2D eigenvalue weighted by Gasteiger charge is 2.34. The predicted octanol–water partition coefficient (Wildman–Crippen LogP) is 4.01. The number of thiophene rings is 1. The molecule has 1 aliphatic heterocycles. The van der Waals surface area contributed by atoms with Crippen LogP contribution in [0.2, 0.25) is 0 Å². The monoisotopic (exact) mass is 397 g/mol. The average molecular weight is 397 g/mol. The van der Waals surface area contributed by atoms with Gasteiger partial charge < -0.3 is 9.15 Å². The van der Waals surface area contributed by atoms with Gasteiger partial charge in [0.05, 0.1) is 23.3 Å². The molecule has 28 heavy (non-hydrogen) atoms. The minimum atomic E-state index is -0.512. The molecule has 0 radical (unpaired) electrons. The first-order chi connectivity index (χ1) is 13.6. The van der Waals surface area contributed by atoms with Gasteiger partial charge in [-0.05, 0) is 29.6 Å². The number of rotatable bonds is 6. The number of amides is 1. The Morgan fingerprint density at radius 3 is 2.93 bits per heavy atom. The smallest absolute Gasteiger partial charge is 0.281 e. The summed E-state index contributed by atoms with van der Waals surface area (Å²) in [6, 6.07) is 12.9. The summed E-state index contributed by atoms with van der Waals surface area (Å²) in [7, 11) is 0. The summed E-state index contributed by atoms with van der Waals surface area (Å²) >= 11 is 1.55. The van der Waals surface area contributed by atoms with Crippen LogP contribution < -0.4 is 4.74 Å². The number of hydrogen-bond donors (Lipinski definition) is 0. The Kier molecular flexibility index (Phi) is 4.90. The number of furan rings is 1. The number of carbonyl (C=O) groups is 1. The topological polar surface area (TPSA) is 98.2 Å². The van der Waals surface area contributed by atoms with E-state index < -0.39 is 4.92 Å². The van der Waals surface area contributed by atoms with Crippen molar-refractivity contribution in [1.29, 1.82) is 0 Å². The lowest BCUT2D eigenvalue weighted by Crippen LogP contribution is -2.31. The van der Waals surface area contributed by atoms with Gasteiger partial charge in [-0.1, -0.05) is 12.1 Å². The average Bonchev–Trinajstić information content (AvgIpc) is 3.46. The number of nitro benzene ring substituents is 1. The molecule has 4 rings (SSSR count). The van der Waals surface area contributed by atoms with Gasteiger partial charge in [0.25, 0.3) is 11.6 Å². The first kappa shape index (κ1) is 17.9. The summed E-state index contributed by atoms with van der Waals surface area (Å²) in [4.78, 5) is 24.2. The van der Waals surface area contributed by atoms with Crippen LogP contribution >= 0.6 is 11.3 Å². The molecule has 0 N–H and O–H groups in total. The third-order valence-corrected chi connectivity index (χ3v) is 5.21. The maximum atomic E-state index is 12.8. The van der Waals surface area contributed by atoms with Gasteiger partial charge in [0.1, 0.15) is 17.2 Å². The minimum absolute atomic E-state index is 0.0966. The highest BCUT2D eigenvalue weighted by atomic mass is 32.1. The van der Waals surface area contributed by atoms with Gasteiger partial charge in [0, 0.05) is 17.4 Å². The molecule has 0 aliphatic carbocycles. The summed E-state index contributed by atoms with van der Waals surface area (Å²) in [5.74, 6) is 0.535. The SMILES string of the molecule is O=C(COc1cccc([N+](=O)[O-])c1)N1N=C(c2ccco2)CC1c1cccs1. The highest BCUT2D eigenvalue weighted by molar-refractivity contribution is 7.10. The highest BCUT2D eigenvalue weighted by Crippen LogP contribution is 2.35. The Balaban J connectivity index is 1.52. The lowest BCUT2D eigenvalue weighted by Gasteiger charge is -2.20. The van der Waals surface area contributed by atoms with E-state index in [0.29, 0.717) is 17.9 Å². The summed E-state index contributed by atoms with van der Waals surface area (Å²) in [5.41, 5.74) is 0.591. The lowest BCUT2D eigenvalue weighted by molar-refractivity contribution is -0.384. The van der Waals surface area contributed by atoms with Gasteiger partial charge in [-0.25, -0.2) is 5.01 Å². The molecule has 0 spiro atoms. The van der Waals surface area contributed by atoms with Gasteiger partial charge >= 0.3 is 0 Å². The summed E-state index contributed by atoms with van der Waals surface area (Å²) < 4.78 is 10.9. The van der Waals surface area contributed by atoms with E-state index in [9.17, 15) is 14.9 Å². The molecule has 0 fully saturated rings. The van der Waals surface area contributed by atoms with Crippen molar-refractivity contribution in [3.05, 3.63) is 80.9 Å². The van der Waals surface area contributed by atoms with Crippen molar-refractivity contribution in [3.63, 3.8) is 0 Å². The van der Waals surface area contributed by atoms with E-state index in [1.54, 1.807) is 35.8 Å². The van der Waals surface area contributed by atoms with Crippen LogP contribution in [0.1, 0.15) is 23.1 Å². The van der Waals surface area contributed by atoms with Crippen LogP contribution in [-0.2, 0) is 4.79 Å². The third-order valence-electron chi connectivity index (χ3n) is 4.23. The Hall–Kier alpha value is -3.46. The van der Waals surface area contributed by atoms with E-state index in [0.717, 1.165) is 4.88 Å². The van der Waals surface area contributed by atoms with Crippen LogP contribution in [0.4, 0.5) is 5.69 Å². The molecular formula is C19H15N3O5S. The number of nitrogens with zero attached hydrogens (tertiary/aromatic N) is 3. The van der Waals surface area contributed by atoms with Crippen LogP contribution in [0.3, 0.4) is 0 Å². The van der Waals surface area contributed by atoms with Crippen molar-refractivity contribution >= 4 is 28.6 Å². The molecule has 142 valence electrons. The van der Waals surface area contributed by atoms with Crippen LogP contribution in [0.25, 0.3) is 0 Å². The molecule has 1 unspecified atom stereocenters. The van der Waals surface area contributed by atoms with Crippen LogP contribution in [0, 0.1) is 10.1 Å². The molecule has 1 aliphatic rings. The number of hydrazone groups is 1. The molecule has 1 atom stereocenters. The van der Waals surface area contributed by atoms with Crippen molar-refractivity contribution < 1.29 is 18.9 Å². The Morgan fingerprint density at radius 1 is 1.32 bits per heavy atom. The van der Waals surface area contributed by atoms with E-state index in [-0.39, 0.29) is 30.0 Å². The van der Waals surface area contributed by atoms with Crippen LogP contribution in [-0.4, -0.2) is 28.2 Å². The molecule has 0 saturated heterocycles. The Morgan fingerprint density at radius 2 is 2.21 bits per heavy atom. The Labute approximate surface area is 163 Å². The molecule has 9 heteroatoms. The van der Waals surface area contributed by atoms with Gasteiger partial charge in [-0.2, -0.15) is 5.10 Å². The maximum absolute atomic E-state index is 12.8. The Bertz CT molecular complexity index is 1010. The number of nitro groups is 1. The third kappa shape index (κ3) is 3.65. The fraction of sp³-hybridized carbons (Fsp3) is 0.158. The van der Waals surface area contributed by atoms with Gasteiger partial charge in [-0.15, -0.1) is 11.3 Å². The second kappa shape index (κ2) is 7.65. The molecule has 1 aromatic carbocycles. The zero-order chi connectivity index (χ0) is 19.5. The van der Waals surface area contributed by atoms with Crippen molar-refractivity contribution in [3.8, 4) is 5.75 Å².